The maximum absolute atomic E-state index is 12.0. The van der Waals surface area contributed by atoms with E-state index in [4.69, 9.17) is 10.5 Å². The van der Waals surface area contributed by atoms with Gasteiger partial charge >= 0.3 is 0 Å². The summed E-state index contributed by atoms with van der Waals surface area (Å²) in [5, 5.41) is 4.15. The van der Waals surface area contributed by atoms with Crippen LogP contribution in [-0.2, 0) is 6.54 Å². The van der Waals surface area contributed by atoms with E-state index in [9.17, 15) is 4.79 Å². The highest BCUT2D eigenvalue weighted by Gasteiger charge is 2.03. The van der Waals surface area contributed by atoms with Gasteiger partial charge in [0.25, 0.3) is 5.56 Å². The summed E-state index contributed by atoms with van der Waals surface area (Å²) in [6, 6.07) is 7.61. The van der Waals surface area contributed by atoms with Crippen LogP contribution in [0.15, 0.2) is 35.3 Å². The number of aryl methyl sites for hydroxylation is 2. The van der Waals surface area contributed by atoms with Crippen molar-refractivity contribution in [1.29, 1.82) is 0 Å². The van der Waals surface area contributed by atoms with Gasteiger partial charge in [0, 0.05) is 6.07 Å². The third-order valence-electron chi connectivity index (χ3n) is 3.37. The molecule has 0 saturated heterocycles. The lowest BCUT2D eigenvalue weighted by Gasteiger charge is -2.09. The van der Waals surface area contributed by atoms with Gasteiger partial charge in [-0.1, -0.05) is 18.2 Å². The summed E-state index contributed by atoms with van der Waals surface area (Å²) in [4.78, 5) is 12.0. The number of nitrogens with two attached hydrogens (primary N) is 1. The lowest BCUT2D eigenvalue weighted by atomic mass is 10.1. The molecule has 21 heavy (non-hydrogen) atoms. The minimum absolute atomic E-state index is 0.168. The number of rotatable bonds is 6. The molecule has 0 spiro atoms. The first-order chi connectivity index (χ1) is 10.1. The van der Waals surface area contributed by atoms with Crippen molar-refractivity contribution in [3.63, 3.8) is 0 Å². The molecule has 0 aliphatic heterocycles. The van der Waals surface area contributed by atoms with Gasteiger partial charge in [0.15, 0.2) is 0 Å². The van der Waals surface area contributed by atoms with Crippen molar-refractivity contribution in [2.75, 3.05) is 13.2 Å². The highest BCUT2D eigenvalue weighted by molar-refractivity contribution is 5.30. The Balaban J connectivity index is 2.10. The molecule has 1 aromatic carbocycles. The van der Waals surface area contributed by atoms with Crippen LogP contribution in [0.3, 0.4) is 0 Å². The van der Waals surface area contributed by atoms with E-state index in [1.807, 2.05) is 6.07 Å². The lowest BCUT2D eigenvalue weighted by Crippen LogP contribution is -2.22. The Labute approximate surface area is 124 Å². The number of ether oxygens (including phenoxy) is 1. The normalized spacial score (nSPS) is 10.6. The van der Waals surface area contributed by atoms with Crippen molar-refractivity contribution < 1.29 is 4.74 Å². The quantitative estimate of drug-likeness (QED) is 0.820. The maximum atomic E-state index is 12.0. The average molecular weight is 287 g/mol. The van der Waals surface area contributed by atoms with Crippen LogP contribution in [0.25, 0.3) is 0 Å². The molecule has 0 aliphatic rings. The summed E-state index contributed by atoms with van der Waals surface area (Å²) in [5.74, 6) is 0.491. The van der Waals surface area contributed by atoms with Crippen molar-refractivity contribution in [3.8, 4) is 5.75 Å². The van der Waals surface area contributed by atoms with E-state index in [1.165, 1.54) is 21.9 Å². The molecule has 0 atom stereocenters. The second kappa shape index (κ2) is 7.04. The molecule has 1 aromatic heterocycles. The van der Waals surface area contributed by atoms with Crippen molar-refractivity contribution in [3.05, 3.63) is 57.5 Å². The monoisotopic (exact) mass is 287 g/mol. The van der Waals surface area contributed by atoms with Gasteiger partial charge in [0.1, 0.15) is 5.75 Å². The Kier molecular flexibility index (Phi) is 5.11. The maximum Gasteiger partial charge on any atom is 0.270 e. The molecule has 0 amide bonds. The fourth-order valence-corrected chi connectivity index (χ4v) is 1.96. The first kappa shape index (κ1) is 15.3. The molecule has 0 saturated carbocycles. The molecule has 5 heteroatoms. The molecule has 2 rings (SSSR count). The molecular formula is C16H21N3O2. The number of hydrogen-bond acceptors (Lipinski definition) is 4. The van der Waals surface area contributed by atoms with Gasteiger partial charge < -0.3 is 10.5 Å². The summed E-state index contributed by atoms with van der Waals surface area (Å²) in [5.41, 5.74) is 8.73. The highest BCUT2D eigenvalue weighted by Crippen LogP contribution is 2.11. The smallest absolute Gasteiger partial charge is 0.270 e. The fraction of sp³-hybridized carbons (Fsp3) is 0.375. The first-order valence-corrected chi connectivity index (χ1v) is 7.06. The number of hydrogen-bond donors (Lipinski definition) is 1. The third-order valence-corrected chi connectivity index (χ3v) is 3.37. The minimum Gasteiger partial charge on any atom is -0.492 e. The zero-order valence-corrected chi connectivity index (χ0v) is 12.5. The largest absolute Gasteiger partial charge is 0.492 e. The predicted octanol–water partition coefficient (Wildman–Crippen LogP) is 1.64. The Morgan fingerprint density at radius 2 is 2.05 bits per heavy atom. The van der Waals surface area contributed by atoms with Crippen molar-refractivity contribution >= 4 is 0 Å². The Bertz CT molecular complexity index is 665. The number of benzene rings is 1. The van der Waals surface area contributed by atoms with E-state index in [0.717, 1.165) is 12.0 Å². The van der Waals surface area contributed by atoms with Crippen LogP contribution in [0.4, 0.5) is 0 Å². The summed E-state index contributed by atoms with van der Waals surface area (Å²) in [6.45, 7) is 5.65. The molecular weight excluding hydrogens is 266 g/mol. The van der Waals surface area contributed by atoms with Gasteiger partial charge in [-0.25, -0.2) is 4.68 Å². The van der Waals surface area contributed by atoms with E-state index in [-0.39, 0.29) is 5.56 Å². The molecule has 1 heterocycles. The molecule has 2 aromatic rings. The van der Waals surface area contributed by atoms with Crippen molar-refractivity contribution in [2.24, 2.45) is 5.73 Å². The topological polar surface area (TPSA) is 70.1 Å². The molecule has 0 aliphatic carbocycles. The molecule has 0 unspecified atom stereocenters. The minimum atomic E-state index is -0.168. The lowest BCUT2D eigenvalue weighted by molar-refractivity contribution is 0.309. The van der Waals surface area contributed by atoms with Crippen LogP contribution in [0.5, 0.6) is 5.75 Å². The summed E-state index contributed by atoms with van der Waals surface area (Å²) >= 11 is 0. The van der Waals surface area contributed by atoms with Gasteiger partial charge in [-0.15, -0.1) is 0 Å². The van der Waals surface area contributed by atoms with Crippen LogP contribution in [0.2, 0.25) is 0 Å². The average Bonchev–Trinajstić information content (AvgIpc) is 2.46. The number of nitrogens with zero attached hydrogens (tertiary/aromatic N) is 2. The van der Waals surface area contributed by atoms with Crippen molar-refractivity contribution in [1.82, 2.24) is 9.78 Å². The zero-order chi connectivity index (χ0) is 15.2. The SMILES string of the molecule is Cc1ccc(Cn2ncc(OCCCN)cc2=O)cc1C. The predicted molar refractivity (Wildman–Crippen MR) is 82.7 cm³/mol. The molecule has 2 N–H and O–H groups in total. The fourth-order valence-electron chi connectivity index (χ4n) is 1.96. The molecule has 0 radical (unpaired) electrons. The standard InChI is InChI=1S/C16H21N3O2/c1-12-4-5-14(8-13(12)2)11-19-16(20)9-15(10-18-19)21-7-3-6-17/h4-5,8-10H,3,6-7,11,17H2,1-2H3. The van der Waals surface area contributed by atoms with E-state index in [0.29, 0.717) is 25.4 Å². The van der Waals surface area contributed by atoms with E-state index >= 15 is 0 Å². The van der Waals surface area contributed by atoms with Gasteiger partial charge in [0.2, 0.25) is 0 Å². The Morgan fingerprint density at radius 1 is 1.24 bits per heavy atom. The van der Waals surface area contributed by atoms with Crippen LogP contribution < -0.4 is 16.0 Å². The Morgan fingerprint density at radius 3 is 2.71 bits per heavy atom. The van der Waals surface area contributed by atoms with Gasteiger partial charge in [-0.05, 0) is 43.5 Å². The molecule has 0 bridgehead atoms. The molecule has 0 fully saturated rings. The van der Waals surface area contributed by atoms with E-state index < -0.39 is 0 Å². The van der Waals surface area contributed by atoms with Crippen LogP contribution in [0, 0.1) is 13.8 Å². The van der Waals surface area contributed by atoms with E-state index in [2.05, 4.69) is 31.1 Å². The highest BCUT2D eigenvalue weighted by atomic mass is 16.5. The summed E-state index contributed by atoms with van der Waals surface area (Å²) in [7, 11) is 0. The second-order valence-corrected chi connectivity index (χ2v) is 5.10. The van der Waals surface area contributed by atoms with Crippen LogP contribution in [0.1, 0.15) is 23.1 Å². The van der Waals surface area contributed by atoms with Crippen LogP contribution >= 0.6 is 0 Å². The van der Waals surface area contributed by atoms with Crippen molar-refractivity contribution in [2.45, 2.75) is 26.8 Å². The van der Waals surface area contributed by atoms with Crippen LogP contribution in [-0.4, -0.2) is 22.9 Å². The molecule has 5 nitrogen and oxygen atoms in total. The van der Waals surface area contributed by atoms with E-state index in [1.54, 1.807) is 6.20 Å². The first-order valence-electron chi connectivity index (χ1n) is 7.06. The Hall–Kier alpha value is -2.14. The molecule has 112 valence electrons. The third kappa shape index (κ3) is 4.16. The second-order valence-electron chi connectivity index (χ2n) is 5.10. The van der Waals surface area contributed by atoms with Gasteiger partial charge in [-0.3, -0.25) is 4.79 Å². The number of aromatic nitrogens is 2. The zero-order valence-electron chi connectivity index (χ0n) is 12.5. The van der Waals surface area contributed by atoms with Gasteiger partial charge in [0.05, 0.1) is 19.3 Å². The van der Waals surface area contributed by atoms with Gasteiger partial charge in [-0.2, -0.15) is 5.10 Å². The summed E-state index contributed by atoms with van der Waals surface area (Å²) in [6.07, 6.45) is 2.32. The summed E-state index contributed by atoms with van der Waals surface area (Å²) < 4.78 is 6.84.